The fourth-order valence-corrected chi connectivity index (χ4v) is 2.87. The molecule has 0 spiro atoms. The number of halogens is 1. The van der Waals surface area contributed by atoms with Gasteiger partial charge < -0.3 is 4.74 Å². The van der Waals surface area contributed by atoms with Crippen molar-refractivity contribution in [2.75, 3.05) is 6.61 Å². The highest BCUT2D eigenvalue weighted by atomic mass is 19.1. The van der Waals surface area contributed by atoms with Crippen molar-refractivity contribution in [1.82, 2.24) is 9.97 Å². The molecule has 128 valence electrons. The molecule has 0 atom stereocenters. The number of ether oxygens (including phenoxy) is 1. The van der Waals surface area contributed by atoms with Crippen LogP contribution in [0.15, 0.2) is 79.1 Å². The van der Waals surface area contributed by atoms with Gasteiger partial charge >= 0.3 is 0 Å². The number of nitrogens with zero attached hydrogens (tertiary/aromatic N) is 2. The van der Waals surface area contributed by atoms with E-state index in [2.05, 4.69) is 22.1 Å². The average Bonchev–Trinajstić information content (AvgIpc) is 2.69. The quantitative estimate of drug-likeness (QED) is 0.508. The van der Waals surface area contributed by atoms with Crippen LogP contribution in [0.1, 0.15) is 5.56 Å². The van der Waals surface area contributed by atoms with Gasteiger partial charge in [0.2, 0.25) is 5.88 Å². The molecule has 4 rings (SSSR count). The molecule has 4 aromatic rings. The molecular formula is C22H17FN2O. The topological polar surface area (TPSA) is 35.0 Å². The number of benzene rings is 3. The lowest BCUT2D eigenvalue weighted by Crippen LogP contribution is -2.03. The molecule has 0 bridgehead atoms. The Bertz CT molecular complexity index is 1010. The molecule has 0 saturated heterocycles. The Labute approximate surface area is 151 Å². The smallest absolute Gasteiger partial charge is 0.224 e. The molecule has 0 amide bonds. The van der Waals surface area contributed by atoms with E-state index in [1.54, 1.807) is 12.1 Å². The fourth-order valence-electron chi connectivity index (χ4n) is 2.87. The van der Waals surface area contributed by atoms with Crippen LogP contribution >= 0.6 is 0 Å². The van der Waals surface area contributed by atoms with E-state index in [-0.39, 0.29) is 5.82 Å². The van der Waals surface area contributed by atoms with Gasteiger partial charge in [0.25, 0.3) is 0 Å². The third-order valence-corrected chi connectivity index (χ3v) is 4.27. The van der Waals surface area contributed by atoms with Gasteiger partial charge in [-0.05, 0) is 41.0 Å². The molecule has 0 aliphatic carbocycles. The summed E-state index contributed by atoms with van der Waals surface area (Å²) in [5.74, 6) is 0.387. The van der Waals surface area contributed by atoms with Gasteiger partial charge in [0.05, 0.1) is 17.5 Å². The molecule has 0 aliphatic heterocycles. The first-order valence-corrected chi connectivity index (χ1v) is 8.47. The number of fused-ring (bicyclic) bond motifs is 1. The minimum Gasteiger partial charge on any atom is -0.477 e. The first kappa shape index (κ1) is 16.2. The van der Waals surface area contributed by atoms with Crippen molar-refractivity contribution in [1.29, 1.82) is 0 Å². The minimum atomic E-state index is -0.222. The maximum atomic E-state index is 13.0. The van der Waals surface area contributed by atoms with Gasteiger partial charge in [0.15, 0.2) is 0 Å². The number of aromatic nitrogens is 2. The summed E-state index contributed by atoms with van der Waals surface area (Å²) in [6.45, 7) is 0.539. The highest BCUT2D eigenvalue weighted by Gasteiger charge is 2.04. The van der Waals surface area contributed by atoms with Gasteiger partial charge in [0.1, 0.15) is 12.1 Å². The van der Waals surface area contributed by atoms with Crippen molar-refractivity contribution in [3.05, 3.63) is 90.5 Å². The highest BCUT2D eigenvalue weighted by Crippen LogP contribution is 2.22. The molecule has 0 unspecified atom stereocenters. The molecular weight excluding hydrogens is 327 g/mol. The van der Waals surface area contributed by atoms with Crippen LogP contribution in [0.3, 0.4) is 0 Å². The second-order valence-corrected chi connectivity index (χ2v) is 6.00. The minimum absolute atomic E-state index is 0.222. The monoisotopic (exact) mass is 344 g/mol. The summed E-state index contributed by atoms with van der Waals surface area (Å²) in [6.07, 6.45) is 2.30. The predicted molar refractivity (Wildman–Crippen MR) is 101 cm³/mol. The Morgan fingerprint density at radius 2 is 1.46 bits per heavy atom. The van der Waals surface area contributed by atoms with Gasteiger partial charge in [-0.15, -0.1) is 0 Å². The molecule has 4 heteroatoms. The van der Waals surface area contributed by atoms with Crippen molar-refractivity contribution in [3.63, 3.8) is 0 Å². The molecule has 0 fully saturated rings. The third-order valence-electron chi connectivity index (χ3n) is 4.27. The predicted octanol–water partition coefficient (Wildman–Crippen LogP) is 5.06. The summed E-state index contributed by atoms with van der Waals surface area (Å²) >= 11 is 0. The summed E-state index contributed by atoms with van der Waals surface area (Å²) in [6, 6.07) is 22.5. The third kappa shape index (κ3) is 3.54. The second-order valence-electron chi connectivity index (χ2n) is 6.00. The Hall–Kier alpha value is -3.27. The lowest BCUT2D eigenvalue weighted by atomic mass is 10.0. The Morgan fingerprint density at radius 1 is 0.769 bits per heavy atom. The van der Waals surface area contributed by atoms with Gasteiger partial charge in [-0.2, -0.15) is 0 Å². The van der Waals surface area contributed by atoms with E-state index in [9.17, 15) is 4.39 Å². The van der Waals surface area contributed by atoms with E-state index >= 15 is 0 Å². The van der Waals surface area contributed by atoms with E-state index < -0.39 is 0 Å². The summed E-state index contributed by atoms with van der Waals surface area (Å²) in [4.78, 5) is 8.47. The largest absolute Gasteiger partial charge is 0.477 e. The van der Waals surface area contributed by atoms with Crippen LogP contribution in [-0.4, -0.2) is 16.6 Å². The Kier molecular flexibility index (Phi) is 4.56. The molecule has 26 heavy (non-hydrogen) atoms. The highest BCUT2D eigenvalue weighted by molar-refractivity contribution is 5.82. The van der Waals surface area contributed by atoms with Crippen LogP contribution in [-0.2, 0) is 6.42 Å². The molecule has 3 nitrogen and oxygen atoms in total. The molecule has 0 saturated carbocycles. The zero-order valence-electron chi connectivity index (χ0n) is 14.1. The molecule has 0 radical (unpaired) electrons. The van der Waals surface area contributed by atoms with Gasteiger partial charge in [-0.3, -0.25) is 0 Å². The van der Waals surface area contributed by atoms with Crippen LogP contribution in [0.25, 0.3) is 22.0 Å². The lowest BCUT2D eigenvalue weighted by molar-refractivity contribution is 0.313. The van der Waals surface area contributed by atoms with Crippen molar-refractivity contribution in [3.8, 4) is 17.0 Å². The van der Waals surface area contributed by atoms with Crippen LogP contribution in [0, 0.1) is 5.82 Å². The van der Waals surface area contributed by atoms with Crippen molar-refractivity contribution in [2.24, 2.45) is 0 Å². The van der Waals surface area contributed by atoms with E-state index in [0.717, 1.165) is 28.5 Å². The number of rotatable bonds is 5. The fraction of sp³-hybridized carbons (Fsp3) is 0.0909. The van der Waals surface area contributed by atoms with Crippen LogP contribution in [0.2, 0.25) is 0 Å². The van der Waals surface area contributed by atoms with Crippen molar-refractivity contribution >= 4 is 10.9 Å². The summed E-state index contributed by atoms with van der Waals surface area (Å²) < 4.78 is 18.9. The number of hydrogen-bond donors (Lipinski definition) is 0. The Balaban J connectivity index is 1.41. The van der Waals surface area contributed by atoms with Crippen LogP contribution < -0.4 is 4.74 Å². The Morgan fingerprint density at radius 3 is 2.23 bits per heavy atom. The van der Waals surface area contributed by atoms with Crippen molar-refractivity contribution in [2.45, 2.75) is 6.42 Å². The van der Waals surface area contributed by atoms with Crippen LogP contribution in [0.4, 0.5) is 4.39 Å². The van der Waals surface area contributed by atoms with Gasteiger partial charge in [-0.25, -0.2) is 14.4 Å². The maximum absolute atomic E-state index is 13.0. The normalized spacial score (nSPS) is 10.8. The molecule has 1 aromatic heterocycles. The van der Waals surface area contributed by atoms with Crippen LogP contribution in [0.5, 0.6) is 5.88 Å². The SMILES string of the molecule is Fc1ccc(-c2ccc(CCOc3ncnc4ccccc34)cc2)cc1. The standard InChI is InChI=1S/C22H17FN2O/c23-19-11-9-18(10-12-19)17-7-5-16(6-8-17)13-14-26-22-20-3-1-2-4-21(20)24-15-25-22/h1-12,15H,13-14H2. The molecule has 3 aromatic carbocycles. The zero-order chi connectivity index (χ0) is 17.8. The summed E-state index contributed by atoms with van der Waals surface area (Å²) in [5.41, 5.74) is 4.12. The van der Waals surface area contributed by atoms with E-state index in [1.165, 1.54) is 24.0 Å². The first-order chi connectivity index (χ1) is 12.8. The van der Waals surface area contributed by atoms with E-state index in [1.807, 2.05) is 36.4 Å². The second kappa shape index (κ2) is 7.31. The maximum Gasteiger partial charge on any atom is 0.224 e. The van der Waals surface area contributed by atoms with E-state index in [4.69, 9.17) is 4.74 Å². The lowest BCUT2D eigenvalue weighted by Gasteiger charge is -2.08. The zero-order valence-corrected chi connectivity index (χ0v) is 14.1. The molecule has 1 heterocycles. The van der Waals surface area contributed by atoms with Gasteiger partial charge in [0, 0.05) is 6.42 Å². The summed E-state index contributed by atoms with van der Waals surface area (Å²) in [5, 5.41) is 0.918. The molecule has 0 aliphatic rings. The van der Waals surface area contributed by atoms with E-state index in [0.29, 0.717) is 12.5 Å². The average molecular weight is 344 g/mol. The summed E-state index contributed by atoms with van der Waals surface area (Å²) in [7, 11) is 0. The first-order valence-electron chi connectivity index (χ1n) is 8.47. The van der Waals surface area contributed by atoms with Crippen molar-refractivity contribution < 1.29 is 9.13 Å². The number of hydrogen-bond acceptors (Lipinski definition) is 3. The van der Waals surface area contributed by atoms with Gasteiger partial charge in [-0.1, -0.05) is 48.5 Å². The number of para-hydroxylation sites is 1. The molecule has 0 N–H and O–H groups in total.